The number of benzene rings is 1. The number of nitrogens with one attached hydrogen (secondary N) is 4. The van der Waals surface area contributed by atoms with Crippen molar-refractivity contribution in [3.8, 4) is 5.75 Å². The Labute approximate surface area is 164 Å². The number of pyridine rings is 1. The maximum atomic E-state index is 7.70. The Balaban J connectivity index is 1.59. The van der Waals surface area contributed by atoms with Gasteiger partial charge in [0.25, 0.3) is 0 Å². The minimum absolute atomic E-state index is 0.208. The molecule has 1 aliphatic heterocycles. The largest absolute Gasteiger partial charge is 0.495 e. The first-order valence-electron chi connectivity index (χ1n) is 8.96. The van der Waals surface area contributed by atoms with Gasteiger partial charge < -0.3 is 20.6 Å². The van der Waals surface area contributed by atoms with Crippen LogP contribution in [0.25, 0.3) is 0 Å². The Morgan fingerprint density at radius 1 is 1.32 bits per heavy atom. The molecule has 2 aromatic rings. The van der Waals surface area contributed by atoms with Gasteiger partial charge in [-0.05, 0) is 29.8 Å². The molecular formula is C18H26N8O2. The second-order valence-electron chi connectivity index (χ2n) is 6.19. The standard InChI is InChI=1S/C18H26N8O2/c1-27-16-12-14(13-25-8-10-28-11-9-25)5-6-15(16)22-23-24-26(18(19)20)17-4-2-3-7-21-17/h2-7,12,22-24H,8-11,13H2,1H3,(H3,19,20). The molecule has 0 spiro atoms. The molecule has 1 aliphatic rings. The van der Waals surface area contributed by atoms with Crippen LogP contribution in [-0.2, 0) is 11.3 Å². The summed E-state index contributed by atoms with van der Waals surface area (Å²) in [5, 5.41) is 8.99. The monoisotopic (exact) mass is 386 g/mol. The summed E-state index contributed by atoms with van der Waals surface area (Å²) in [6.07, 6.45) is 1.62. The number of nitrogens with two attached hydrogens (primary N) is 1. The van der Waals surface area contributed by atoms with E-state index in [2.05, 4.69) is 26.4 Å². The van der Waals surface area contributed by atoms with Crippen LogP contribution in [0.2, 0.25) is 0 Å². The van der Waals surface area contributed by atoms with Crippen LogP contribution < -0.4 is 32.0 Å². The van der Waals surface area contributed by atoms with Gasteiger partial charge in [-0.2, -0.15) is 5.53 Å². The minimum atomic E-state index is -0.208. The van der Waals surface area contributed by atoms with Crippen molar-refractivity contribution in [1.82, 2.24) is 21.0 Å². The normalized spacial score (nSPS) is 14.5. The molecule has 0 aliphatic carbocycles. The first-order valence-corrected chi connectivity index (χ1v) is 8.96. The summed E-state index contributed by atoms with van der Waals surface area (Å²) < 4.78 is 10.9. The van der Waals surface area contributed by atoms with Crippen LogP contribution in [0, 0.1) is 5.41 Å². The predicted molar refractivity (Wildman–Crippen MR) is 108 cm³/mol. The van der Waals surface area contributed by atoms with Gasteiger partial charge in [-0.25, -0.2) is 9.99 Å². The highest BCUT2D eigenvalue weighted by Crippen LogP contribution is 2.25. The summed E-state index contributed by atoms with van der Waals surface area (Å²) >= 11 is 0. The summed E-state index contributed by atoms with van der Waals surface area (Å²) in [6.45, 7) is 4.26. The third kappa shape index (κ3) is 5.30. The Bertz CT molecular complexity index is 767. The van der Waals surface area contributed by atoms with Crippen molar-refractivity contribution >= 4 is 17.5 Å². The molecule has 0 unspecified atom stereocenters. The van der Waals surface area contributed by atoms with E-state index < -0.39 is 0 Å². The zero-order valence-electron chi connectivity index (χ0n) is 15.8. The molecule has 3 rings (SSSR count). The van der Waals surface area contributed by atoms with Crippen molar-refractivity contribution < 1.29 is 9.47 Å². The number of aromatic nitrogens is 1. The van der Waals surface area contributed by atoms with E-state index in [4.69, 9.17) is 20.6 Å². The lowest BCUT2D eigenvalue weighted by Crippen LogP contribution is -2.55. The fourth-order valence-corrected chi connectivity index (χ4v) is 2.83. The molecule has 0 bridgehead atoms. The second-order valence-corrected chi connectivity index (χ2v) is 6.19. The quantitative estimate of drug-likeness (QED) is 0.253. The maximum Gasteiger partial charge on any atom is 0.210 e. The van der Waals surface area contributed by atoms with Gasteiger partial charge in [-0.1, -0.05) is 12.1 Å². The van der Waals surface area contributed by atoms with Crippen LogP contribution in [0.5, 0.6) is 5.75 Å². The van der Waals surface area contributed by atoms with Crippen molar-refractivity contribution in [1.29, 1.82) is 5.41 Å². The highest BCUT2D eigenvalue weighted by atomic mass is 16.5. The van der Waals surface area contributed by atoms with Gasteiger partial charge in [-0.3, -0.25) is 10.3 Å². The Morgan fingerprint density at radius 2 is 2.14 bits per heavy atom. The summed E-state index contributed by atoms with van der Waals surface area (Å²) in [4.78, 5) is 6.51. The molecule has 1 fully saturated rings. The first-order chi connectivity index (χ1) is 13.7. The molecule has 2 heterocycles. The molecule has 10 nitrogen and oxygen atoms in total. The van der Waals surface area contributed by atoms with Gasteiger partial charge in [0.2, 0.25) is 5.96 Å². The Kier molecular flexibility index (Phi) is 6.98. The average Bonchev–Trinajstić information content (AvgIpc) is 2.73. The topological polar surface area (TPSA) is 124 Å². The fraction of sp³-hybridized carbons (Fsp3) is 0.333. The minimum Gasteiger partial charge on any atom is -0.495 e. The maximum absolute atomic E-state index is 7.70. The smallest absolute Gasteiger partial charge is 0.210 e. The number of hydrogen-bond acceptors (Lipinski definition) is 8. The SMILES string of the molecule is COc1cc(CN2CCOCC2)ccc1NNNN(C(=N)N)c1ccccn1. The molecule has 0 saturated carbocycles. The number of rotatable bonds is 8. The number of nitrogens with zero attached hydrogens (tertiary/aromatic N) is 3. The third-order valence-corrected chi connectivity index (χ3v) is 4.26. The van der Waals surface area contributed by atoms with Crippen LogP contribution in [0.1, 0.15) is 5.56 Å². The van der Waals surface area contributed by atoms with E-state index >= 15 is 0 Å². The highest BCUT2D eigenvalue weighted by molar-refractivity contribution is 5.90. The molecule has 10 heteroatoms. The van der Waals surface area contributed by atoms with Gasteiger partial charge in [0.1, 0.15) is 5.75 Å². The van der Waals surface area contributed by atoms with E-state index in [-0.39, 0.29) is 5.96 Å². The molecule has 1 saturated heterocycles. The molecule has 150 valence electrons. The fourth-order valence-electron chi connectivity index (χ4n) is 2.83. The van der Waals surface area contributed by atoms with E-state index in [1.54, 1.807) is 25.4 Å². The highest BCUT2D eigenvalue weighted by Gasteiger charge is 2.13. The van der Waals surface area contributed by atoms with Gasteiger partial charge in [0.05, 0.1) is 26.0 Å². The van der Waals surface area contributed by atoms with Gasteiger partial charge in [-0.15, -0.1) is 5.53 Å². The molecular weight excluding hydrogens is 360 g/mol. The number of anilines is 2. The second kappa shape index (κ2) is 9.85. The Morgan fingerprint density at radius 3 is 2.82 bits per heavy atom. The number of guanidine groups is 1. The number of ether oxygens (including phenoxy) is 2. The molecule has 0 radical (unpaired) electrons. The van der Waals surface area contributed by atoms with E-state index in [1.807, 2.05) is 24.3 Å². The van der Waals surface area contributed by atoms with Gasteiger partial charge in [0.15, 0.2) is 5.82 Å². The van der Waals surface area contributed by atoms with E-state index in [1.165, 1.54) is 5.01 Å². The summed E-state index contributed by atoms with van der Waals surface area (Å²) in [5.74, 6) is 0.977. The summed E-state index contributed by atoms with van der Waals surface area (Å²) in [7, 11) is 1.63. The zero-order chi connectivity index (χ0) is 19.8. The van der Waals surface area contributed by atoms with Crippen molar-refractivity contribution in [2.24, 2.45) is 5.73 Å². The molecule has 1 aromatic heterocycles. The predicted octanol–water partition coefficient (Wildman–Crippen LogP) is 0.659. The average molecular weight is 386 g/mol. The van der Waals surface area contributed by atoms with Crippen molar-refractivity contribution in [3.63, 3.8) is 0 Å². The van der Waals surface area contributed by atoms with E-state index in [0.29, 0.717) is 11.6 Å². The van der Waals surface area contributed by atoms with Crippen molar-refractivity contribution in [3.05, 3.63) is 48.2 Å². The first kappa shape index (κ1) is 19.8. The van der Waals surface area contributed by atoms with Crippen LogP contribution in [0.15, 0.2) is 42.6 Å². The van der Waals surface area contributed by atoms with Crippen molar-refractivity contribution in [2.45, 2.75) is 6.54 Å². The van der Waals surface area contributed by atoms with Gasteiger partial charge >= 0.3 is 0 Å². The van der Waals surface area contributed by atoms with Gasteiger partial charge in [0, 0.05) is 25.8 Å². The third-order valence-electron chi connectivity index (χ3n) is 4.26. The number of hydrogen-bond donors (Lipinski definition) is 5. The Hall–Kier alpha value is -2.92. The molecule has 0 amide bonds. The molecule has 1 aromatic carbocycles. The number of hydrazine groups is 3. The van der Waals surface area contributed by atoms with Crippen LogP contribution >= 0.6 is 0 Å². The lowest BCUT2D eigenvalue weighted by molar-refractivity contribution is 0.0342. The van der Waals surface area contributed by atoms with E-state index in [9.17, 15) is 0 Å². The van der Waals surface area contributed by atoms with Crippen molar-refractivity contribution in [2.75, 3.05) is 43.8 Å². The zero-order valence-corrected chi connectivity index (χ0v) is 15.8. The molecule has 0 atom stereocenters. The summed E-state index contributed by atoms with van der Waals surface area (Å²) in [6, 6.07) is 11.3. The molecule has 28 heavy (non-hydrogen) atoms. The lowest BCUT2D eigenvalue weighted by Gasteiger charge is -2.27. The van der Waals surface area contributed by atoms with E-state index in [0.717, 1.165) is 44.1 Å². The van der Waals surface area contributed by atoms with Crippen LogP contribution in [-0.4, -0.2) is 49.3 Å². The number of methoxy groups -OCH3 is 1. The van der Waals surface area contributed by atoms with Crippen LogP contribution in [0.3, 0.4) is 0 Å². The van der Waals surface area contributed by atoms with Crippen LogP contribution in [0.4, 0.5) is 11.5 Å². The number of morpholine rings is 1. The summed E-state index contributed by atoms with van der Waals surface area (Å²) in [5.41, 5.74) is 16.1. The lowest BCUT2D eigenvalue weighted by atomic mass is 10.1. The molecule has 6 N–H and O–H groups in total.